The van der Waals surface area contributed by atoms with E-state index in [1.54, 1.807) is 0 Å². The molecule has 0 fully saturated rings. The lowest BCUT2D eigenvalue weighted by Gasteiger charge is -2.27. The molecule has 190 valence electrons. The van der Waals surface area contributed by atoms with E-state index in [1.165, 1.54) is 50.1 Å². The first-order chi connectivity index (χ1) is 18.3. The fourth-order valence-corrected chi connectivity index (χ4v) is 5.47. The second-order valence-electron chi connectivity index (χ2n) is 10.9. The summed E-state index contributed by atoms with van der Waals surface area (Å²) >= 11 is 0. The van der Waals surface area contributed by atoms with Crippen LogP contribution in [0, 0.1) is 34.6 Å². The summed E-state index contributed by atoms with van der Waals surface area (Å²) < 4.78 is 0. The van der Waals surface area contributed by atoms with Crippen molar-refractivity contribution in [1.29, 1.82) is 0 Å². The van der Waals surface area contributed by atoms with E-state index < -0.39 is 0 Å². The van der Waals surface area contributed by atoms with Crippen LogP contribution < -0.4 is 5.73 Å². The molecule has 0 saturated carbocycles. The maximum Gasteiger partial charge on any atom is 0.0398 e. The maximum absolute atomic E-state index is 7.22. The SMILES string of the molecule is Cc1ccc(C(c2ccc(C)cc2)c2cc(C)cc(C(c3ccc(C)cc3)c3ccc(C)cc3)c2N)cc1. The summed E-state index contributed by atoms with van der Waals surface area (Å²) in [5, 5.41) is 0. The molecule has 0 radical (unpaired) electrons. The van der Waals surface area contributed by atoms with Crippen LogP contribution >= 0.6 is 0 Å². The molecule has 0 aliphatic carbocycles. The first kappa shape index (κ1) is 25.5. The first-order valence-corrected chi connectivity index (χ1v) is 13.5. The summed E-state index contributed by atoms with van der Waals surface area (Å²) in [7, 11) is 0. The number of aryl methyl sites for hydroxylation is 5. The molecule has 1 nitrogen and oxygen atoms in total. The van der Waals surface area contributed by atoms with Gasteiger partial charge in [-0.05, 0) is 68.0 Å². The van der Waals surface area contributed by atoms with Crippen molar-refractivity contribution in [3.8, 4) is 0 Å². The van der Waals surface area contributed by atoms with Crippen LogP contribution in [0.1, 0.15) is 73.0 Å². The quantitative estimate of drug-likeness (QED) is 0.184. The summed E-state index contributed by atoms with van der Waals surface area (Å²) in [5.74, 6) is 0.0954. The zero-order chi connectivity index (χ0) is 26.8. The number of hydrogen-bond donors (Lipinski definition) is 1. The fourth-order valence-electron chi connectivity index (χ4n) is 5.47. The topological polar surface area (TPSA) is 26.0 Å². The Balaban J connectivity index is 1.74. The van der Waals surface area contributed by atoms with Crippen LogP contribution in [0.3, 0.4) is 0 Å². The molecule has 0 spiro atoms. The second kappa shape index (κ2) is 10.7. The van der Waals surface area contributed by atoms with Crippen molar-refractivity contribution in [2.75, 3.05) is 5.73 Å². The highest BCUT2D eigenvalue weighted by atomic mass is 14.6. The summed E-state index contributed by atoms with van der Waals surface area (Å²) in [6, 6.07) is 40.1. The van der Waals surface area contributed by atoms with E-state index in [1.807, 2.05) is 0 Å². The smallest absolute Gasteiger partial charge is 0.0398 e. The van der Waals surface area contributed by atoms with Gasteiger partial charge in [0.1, 0.15) is 0 Å². The van der Waals surface area contributed by atoms with Crippen molar-refractivity contribution in [2.45, 2.75) is 46.5 Å². The van der Waals surface area contributed by atoms with Crippen LogP contribution in [0.5, 0.6) is 0 Å². The number of benzene rings is 5. The van der Waals surface area contributed by atoms with E-state index >= 15 is 0 Å². The minimum atomic E-state index is 0.0477. The highest BCUT2D eigenvalue weighted by molar-refractivity contribution is 5.66. The molecule has 38 heavy (non-hydrogen) atoms. The minimum absolute atomic E-state index is 0.0477. The number of rotatable bonds is 6. The average Bonchev–Trinajstić information content (AvgIpc) is 2.91. The molecule has 0 amide bonds. The van der Waals surface area contributed by atoms with Gasteiger partial charge < -0.3 is 5.73 Å². The van der Waals surface area contributed by atoms with Crippen LogP contribution in [0.4, 0.5) is 5.69 Å². The Morgan fingerprint density at radius 3 is 0.842 bits per heavy atom. The van der Waals surface area contributed by atoms with Crippen LogP contribution in [0.2, 0.25) is 0 Å². The average molecular weight is 496 g/mol. The van der Waals surface area contributed by atoms with E-state index in [2.05, 4.69) is 144 Å². The first-order valence-electron chi connectivity index (χ1n) is 13.5. The molecular weight excluding hydrogens is 458 g/mol. The van der Waals surface area contributed by atoms with Gasteiger partial charge in [-0.2, -0.15) is 0 Å². The number of hydrogen-bond acceptors (Lipinski definition) is 1. The van der Waals surface area contributed by atoms with E-state index in [4.69, 9.17) is 5.73 Å². The number of anilines is 1. The van der Waals surface area contributed by atoms with Gasteiger partial charge in [0.15, 0.2) is 0 Å². The molecule has 0 saturated heterocycles. The molecular formula is C37H37N. The summed E-state index contributed by atoms with van der Waals surface area (Å²) in [6.45, 7) is 10.7. The zero-order valence-corrected chi connectivity index (χ0v) is 23.1. The monoisotopic (exact) mass is 495 g/mol. The van der Waals surface area contributed by atoms with Crippen molar-refractivity contribution >= 4 is 5.69 Å². The molecule has 2 N–H and O–H groups in total. The van der Waals surface area contributed by atoms with Crippen molar-refractivity contribution in [3.05, 3.63) is 170 Å². The molecule has 0 atom stereocenters. The molecule has 5 aromatic carbocycles. The van der Waals surface area contributed by atoms with Crippen molar-refractivity contribution < 1.29 is 0 Å². The summed E-state index contributed by atoms with van der Waals surface area (Å²) in [6.07, 6.45) is 0. The fraction of sp³-hybridized carbons (Fsp3) is 0.189. The molecule has 0 aromatic heterocycles. The molecule has 5 aromatic rings. The van der Waals surface area contributed by atoms with Crippen molar-refractivity contribution in [1.82, 2.24) is 0 Å². The van der Waals surface area contributed by atoms with Gasteiger partial charge in [-0.1, -0.05) is 137 Å². The van der Waals surface area contributed by atoms with Gasteiger partial charge in [-0.15, -0.1) is 0 Å². The van der Waals surface area contributed by atoms with Crippen LogP contribution in [-0.4, -0.2) is 0 Å². The highest BCUT2D eigenvalue weighted by Crippen LogP contribution is 2.42. The van der Waals surface area contributed by atoms with Gasteiger partial charge in [-0.3, -0.25) is 0 Å². The summed E-state index contributed by atoms with van der Waals surface area (Å²) in [4.78, 5) is 0. The molecule has 1 heteroatoms. The van der Waals surface area contributed by atoms with Gasteiger partial charge >= 0.3 is 0 Å². The van der Waals surface area contributed by atoms with E-state index in [0.29, 0.717) is 0 Å². The highest BCUT2D eigenvalue weighted by Gasteiger charge is 2.26. The molecule has 5 rings (SSSR count). The zero-order valence-electron chi connectivity index (χ0n) is 23.1. The molecule has 0 bridgehead atoms. The molecule has 0 aliphatic heterocycles. The predicted molar refractivity (Wildman–Crippen MR) is 162 cm³/mol. The third-order valence-corrected chi connectivity index (χ3v) is 7.65. The standard InChI is InChI=1S/C37H37N/c1-24-6-14-29(15-7-24)35(30-16-8-25(2)9-17-30)33-22-28(5)23-34(37(33)38)36(31-18-10-26(3)11-19-31)32-20-12-27(4)13-21-32/h6-23,35-36H,38H2,1-5H3. The Kier molecular flexibility index (Phi) is 7.20. The molecule has 0 heterocycles. The Labute approximate surface area is 228 Å². The van der Waals surface area contributed by atoms with Gasteiger partial charge in [0.05, 0.1) is 0 Å². The van der Waals surface area contributed by atoms with E-state index in [9.17, 15) is 0 Å². The normalized spacial score (nSPS) is 11.3. The Morgan fingerprint density at radius 1 is 0.368 bits per heavy atom. The maximum atomic E-state index is 7.22. The number of nitrogens with two attached hydrogens (primary N) is 1. The van der Waals surface area contributed by atoms with E-state index in [0.717, 1.165) is 16.8 Å². The Bertz CT molecular complexity index is 1320. The third-order valence-electron chi connectivity index (χ3n) is 7.65. The summed E-state index contributed by atoms with van der Waals surface area (Å²) in [5.41, 5.74) is 21.7. The second-order valence-corrected chi connectivity index (χ2v) is 10.9. The molecule has 0 aliphatic rings. The van der Waals surface area contributed by atoms with Crippen LogP contribution in [-0.2, 0) is 0 Å². The Morgan fingerprint density at radius 2 is 0.605 bits per heavy atom. The largest absolute Gasteiger partial charge is 0.398 e. The predicted octanol–water partition coefficient (Wildman–Crippen LogP) is 9.17. The third kappa shape index (κ3) is 5.29. The molecule has 0 unspecified atom stereocenters. The Hall–Kier alpha value is -4.10. The van der Waals surface area contributed by atoms with Crippen LogP contribution in [0.25, 0.3) is 0 Å². The van der Waals surface area contributed by atoms with Crippen molar-refractivity contribution in [2.24, 2.45) is 0 Å². The lowest BCUT2D eigenvalue weighted by Crippen LogP contribution is -2.13. The van der Waals surface area contributed by atoms with Crippen LogP contribution in [0.15, 0.2) is 109 Å². The lowest BCUT2D eigenvalue weighted by atomic mass is 9.78. The number of nitrogen functional groups attached to an aromatic ring is 1. The minimum Gasteiger partial charge on any atom is -0.398 e. The van der Waals surface area contributed by atoms with Gasteiger partial charge in [0, 0.05) is 17.5 Å². The van der Waals surface area contributed by atoms with Gasteiger partial charge in [-0.25, -0.2) is 0 Å². The van der Waals surface area contributed by atoms with Gasteiger partial charge in [0.25, 0.3) is 0 Å². The lowest BCUT2D eigenvalue weighted by molar-refractivity contribution is 0.939. The van der Waals surface area contributed by atoms with Gasteiger partial charge in [0.2, 0.25) is 0 Å². The van der Waals surface area contributed by atoms with E-state index in [-0.39, 0.29) is 11.8 Å². The van der Waals surface area contributed by atoms with Crippen molar-refractivity contribution in [3.63, 3.8) is 0 Å².